The van der Waals surface area contributed by atoms with Crippen LogP contribution in [0.5, 0.6) is 0 Å². The van der Waals surface area contributed by atoms with Crippen molar-refractivity contribution >= 4 is 53.3 Å². The van der Waals surface area contributed by atoms with Gasteiger partial charge in [-0.2, -0.15) is 5.26 Å². The molecule has 8 heteroatoms. The first-order valence-electron chi connectivity index (χ1n) is 5.61. The summed E-state index contributed by atoms with van der Waals surface area (Å²) in [6.07, 6.45) is 0. The summed E-state index contributed by atoms with van der Waals surface area (Å²) < 4.78 is 28.4. The lowest BCUT2D eigenvalue weighted by atomic mass is 10.2. The molecule has 2 aromatic carbocycles. The molecular formula is C13H9Br2N3O2S. The molecule has 0 unspecified atom stereocenters. The number of halogens is 2. The van der Waals surface area contributed by atoms with Crippen LogP contribution in [0.25, 0.3) is 0 Å². The molecule has 2 aromatic rings. The van der Waals surface area contributed by atoms with E-state index in [9.17, 15) is 8.42 Å². The molecular weight excluding hydrogens is 422 g/mol. The Morgan fingerprint density at radius 1 is 1.10 bits per heavy atom. The van der Waals surface area contributed by atoms with Crippen molar-refractivity contribution in [3.05, 3.63) is 50.9 Å². The molecule has 0 aliphatic rings. The molecule has 0 saturated heterocycles. The lowest BCUT2D eigenvalue weighted by Crippen LogP contribution is -2.15. The number of hydrogen-bond donors (Lipinski definition) is 2. The molecule has 0 heterocycles. The Balaban J connectivity index is 2.48. The molecule has 0 bridgehead atoms. The van der Waals surface area contributed by atoms with Crippen LogP contribution in [0.1, 0.15) is 5.56 Å². The molecule has 108 valence electrons. The van der Waals surface area contributed by atoms with Crippen LogP contribution in [0.4, 0.5) is 11.4 Å². The molecule has 0 fully saturated rings. The van der Waals surface area contributed by atoms with Crippen molar-refractivity contribution in [3.63, 3.8) is 0 Å². The Morgan fingerprint density at radius 3 is 2.38 bits per heavy atom. The normalized spacial score (nSPS) is 10.9. The van der Waals surface area contributed by atoms with Gasteiger partial charge in [-0.25, -0.2) is 8.42 Å². The van der Waals surface area contributed by atoms with Gasteiger partial charge < -0.3 is 5.73 Å². The fraction of sp³-hybridized carbons (Fsp3) is 0. The Morgan fingerprint density at radius 2 is 1.71 bits per heavy atom. The summed E-state index contributed by atoms with van der Waals surface area (Å²) in [5, 5.41) is 9.07. The largest absolute Gasteiger partial charge is 0.398 e. The van der Waals surface area contributed by atoms with Crippen molar-refractivity contribution in [2.75, 3.05) is 10.5 Å². The summed E-state index contributed by atoms with van der Waals surface area (Å²) in [7, 11) is -3.88. The fourth-order valence-corrected chi connectivity index (χ4v) is 3.75. The van der Waals surface area contributed by atoms with E-state index in [4.69, 9.17) is 11.0 Å². The zero-order valence-corrected chi connectivity index (χ0v) is 14.5. The van der Waals surface area contributed by atoms with Crippen LogP contribution < -0.4 is 10.5 Å². The maximum Gasteiger partial charge on any atom is 0.264 e. The van der Waals surface area contributed by atoms with Gasteiger partial charge >= 0.3 is 0 Å². The average Bonchev–Trinajstić information content (AvgIpc) is 2.43. The maximum absolute atomic E-state index is 12.4. The number of benzene rings is 2. The van der Waals surface area contributed by atoms with E-state index in [0.717, 1.165) is 0 Å². The van der Waals surface area contributed by atoms with Crippen LogP contribution in [0.2, 0.25) is 0 Å². The molecule has 0 aromatic heterocycles. The maximum atomic E-state index is 12.4. The van der Waals surface area contributed by atoms with Crippen molar-refractivity contribution < 1.29 is 8.42 Å². The minimum Gasteiger partial charge on any atom is -0.398 e. The van der Waals surface area contributed by atoms with Crippen molar-refractivity contribution in [2.45, 2.75) is 4.90 Å². The highest BCUT2D eigenvalue weighted by atomic mass is 79.9. The van der Waals surface area contributed by atoms with Crippen LogP contribution in [0.15, 0.2) is 50.2 Å². The van der Waals surface area contributed by atoms with Gasteiger partial charge in [-0.15, -0.1) is 0 Å². The van der Waals surface area contributed by atoms with Gasteiger partial charge in [-0.05, 0) is 36.4 Å². The van der Waals surface area contributed by atoms with Crippen molar-refractivity contribution in [1.29, 1.82) is 5.26 Å². The number of nitriles is 1. The van der Waals surface area contributed by atoms with E-state index in [-0.39, 0.29) is 21.8 Å². The van der Waals surface area contributed by atoms with Crippen LogP contribution in [-0.4, -0.2) is 8.42 Å². The molecule has 0 saturated carbocycles. The highest BCUT2D eigenvalue weighted by Crippen LogP contribution is 2.27. The smallest absolute Gasteiger partial charge is 0.264 e. The number of nitrogen functional groups attached to an aromatic ring is 1. The van der Waals surface area contributed by atoms with Gasteiger partial charge in [0.1, 0.15) is 11.0 Å². The summed E-state index contributed by atoms with van der Waals surface area (Å²) in [6, 6.07) is 11.2. The summed E-state index contributed by atoms with van der Waals surface area (Å²) >= 11 is 6.43. The molecule has 0 aliphatic heterocycles. The van der Waals surface area contributed by atoms with Gasteiger partial charge in [-0.3, -0.25) is 4.72 Å². The zero-order valence-electron chi connectivity index (χ0n) is 10.5. The molecule has 0 spiro atoms. The first-order chi connectivity index (χ1) is 9.83. The third kappa shape index (κ3) is 3.56. The van der Waals surface area contributed by atoms with Crippen molar-refractivity contribution in [2.24, 2.45) is 0 Å². The molecule has 0 aliphatic carbocycles. The minimum atomic E-state index is -3.88. The van der Waals surface area contributed by atoms with Crippen LogP contribution in [0, 0.1) is 11.3 Å². The number of hydrogen-bond acceptors (Lipinski definition) is 4. The fourth-order valence-electron chi connectivity index (χ4n) is 1.64. The number of nitrogens with one attached hydrogen (secondary N) is 1. The summed E-state index contributed by atoms with van der Waals surface area (Å²) in [4.78, 5) is -0.0521. The van der Waals surface area contributed by atoms with E-state index in [1.165, 1.54) is 24.3 Å². The Labute approximate surface area is 139 Å². The summed E-state index contributed by atoms with van der Waals surface area (Å²) in [5.74, 6) is 0. The average molecular weight is 431 g/mol. The number of rotatable bonds is 3. The second-order valence-electron chi connectivity index (χ2n) is 4.09. The SMILES string of the molecule is N#Cc1cc(Br)ccc1NS(=O)(=O)c1cc(Br)ccc1N. The lowest BCUT2D eigenvalue weighted by molar-refractivity contribution is 0.601. The third-order valence-corrected chi connectivity index (χ3v) is 5.02. The van der Waals surface area contributed by atoms with E-state index in [2.05, 4.69) is 36.6 Å². The van der Waals surface area contributed by atoms with Gasteiger partial charge in [0.25, 0.3) is 10.0 Å². The van der Waals surface area contributed by atoms with Gasteiger partial charge in [-0.1, -0.05) is 31.9 Å². The highest BCUT2D eigenvalue weighted by molar-refractivity contribution is 9.10. The van der Waals surface area contributed by atoms with Crippen LogP contribution in [-0.2, 0) is 10.0 Å². The molecule has 0 amide bonds. The van der Waals surface area contributed by atoms with Gasteiger partial charge in [0.15, 0.2) is 0 Å². The Bertz CT molecular complexity index is 845. The molecule has 5 nitrogen and oxygen atoms in total. The molecule has 3 N–H and O–H groups in total. The van der Waals surface area contributed by atoms with Crippen molar-refractivity contribution in [1.82, 2.24) is 0 Å². The quantitative estimate of drug-likeness (QED) is 0.728. The number of nitrogens with two attached hydrogens (primary N) is 1. The third-order valence-electron chi connectivity index (χ3n) is 2.61. The molecule has 0 radical (unpaired) electrons. The summed E-state index contributed by atoms with van der Waals surface area (Å²) in [5.41, 5.74) is 6.24. The van der Waals surface area contributed by atoms with Crippen molar-refractivity contribution in [3.8, 4) is 6.07 Å². The first-order valence-corrected chi connectivity index (χ1v) is 8.68. The van der Waals surface area contributed by atoms with E-state index in [1.54, 1.807) is 12.1 Å². The molecule has 2 rings (SSSR count). The van der Waals surface area contributed by atoms with Gasteiger partial charge in [0.05, 0.1) is 16.9 Å². The summed E-state index contributed by atoms with van der Waals surface area (Å²) in [6.45, 7) is 0. The molecule has 21 heavy (non-hydrogen) atoms. The lowest BCUT2D eigenvalue weighted by Gasteiger charge is -2.11. The zero-order chi connectivity index (χ0) is 15.6. The number of anilines is 2. The topological polar surface area (TPSA) is 96.0 Å². The van der Waals surface area contributed by atoms with E-state index < -0.39 is 10.0 Å². The Kier molecular flexibility index (Phi) is 4.56. The monoisotopic (exact) mass is 429 g/mol. The second kappa shape index (κ2) is 6.05. The van der Waals surface area contributed by atoms with Crippen LogP contribution in [0.3, 0.4) is 0 Å². The Hall–Kier alpha value is -1.56. The predicted molar refractivity (Wildman–Crippen MR) is 88.2 cm³/mol. The highest BCUT2D eigenvalue weighted by Gasteiger charge is 2.19. The van der Waals surface area contributed by atoms with Crippen LogP contribution >= 0.6 is 31.9 Å². The van der Waals surface area contributed by atoms with E-state index >= 15 is 0 Å². The van der Waals surface area contributed by atoms with E-state index in [1.807, 2.05) is 6.07 Å². The van der Waals surface area contributed by atoms with Gasteiger partial charge in [0, 0.05) is 8.95 Å². The standard InChI is InChI=1S/C13H9Br2N3O2S/c14-9-2-4-12(8(5-9)7-16)18-21(19,20)13-6-10(15)1-3-11(13)17/h1-6,18H,17H2. The second-order valence-corrected chi connectivity index (χ2v) is 7.57. The molecule has 0 atom stereocenters. The van der Waals surface area contributed by atoms with Gasteiger partial charge in [0.2, 0.25) is 0 Å². The predicted octanol–water partition coefficient (Wildman–Crippen LogP) is 3.47. The number of sulfonamides is 1. The minimum absolute atomic E-state index is 0.0521. The number of nitrogens with zero attached hydrogens (tertiary/aromatic N) is 1. The van der Waals surface area contributed by atoms with E-state index in [0.29, 0.717) is 8.95 Å². The first kappa shape index (κ1) is 15.8.